The van der Waals surface area contributed by atoms with Crippen molar-refractivity contribution >= 4 is 30.7 Å². The van der Waals surface area contributed by atoms with E-state index in [2.05, 4.69) is 35.3 Å². The van der Waals surface area contributed by atoms with Crippen LogP contribution in [0.25, 0.3) is 0 Å². The molecule has 1 saturated heterocycles. The van der Waals surface area contributed by atoms with E-state index in [9.17, 15) is 4.79 Å². The van der Waals surface area contributed by atoms with Gasteiger partial charge < -0.3 is 15.8 Å². The number of carbonyl (C=O) groups is 1. The largest absolute Gasteiger partial charge is 0.383 e. The molecule has 2 rings (SSSR count). The van der Waals surface area contributed by atoms with Crippen LogP contribution >= 0.6 is 24.8 Å². The number of halogens is 2. The molecule has 0 spiro atoms. The van der Waals surface area contributed by atoms with Gasteiger partial charge in [-0.25, -0.2) is 0 Å². The lowest BCUT2D eigenvalue weighted by atomic mass is 9.98. The van der Waals surface area contributed by atoms with Gasteiger partial charge in [-0.3, -0.25) is 9.69 Å². The number of likely N-dealkylation sites (tertiary alicyclic amines) is 1. The first-order chi connectivity index (χ1) is 11.1. The van der Waals surface area contributed by atoms with Gasteiger partial charge >= 0.3 is 0 Å². The van der Waals surface area contributed by atoms with Crippen molar-refractivity contribution in [3.8, 4) is 0 Å². The predicted octanol–water partition coefficient (Wildman–Crippen LogP) is 2.35. The average Bonchev–Trinajstić information content (AvgIpc) is 2.56. The molecule has 0 aliphatic carbocycles. The molecule has 1 fully saturated rings. The van der Waals surface area contributed by atoms with Gasteiger partial charge in [0.15, 0.2) is 0 Å². The number of rotatable bonds is 7. The molecule has 1 aliphatic rings. The van der Waals surface area contributed by atoms with Crippen LogP contribution < -0.4 is 11.1 Å². The minimum absolute atomic E-state index is 0. The average molecular weight is 392 g/mol. The number of benzene rings is 1. The summed E-state index contributed by atoms with van der Waals surface area (Å²) in [4.78, 5) is 14.4. The Bertz CT molecular complexity index is 509. The van der Waals surface area contributed by atoms with E-state index >= 15 is 0 Å². The van der Waals surface area contributed by atoms with Crippen LogP contribution in [0.15, 0.2) is 24.3 Å². The summed E-state index contributed by atoms with van der Waals surface area (Å²) in [5.41, 5.74) is 8.18. The highest BCUT2D eigenvalue weighted by atomic mass is 35.5. The summed E-state index contributed by atoms with van der Waals surface area (Å²) in [6.45, 7) is 6.32. The van der Waals surface area contributed by atoms with Crippen molar-refractivity contribution in [2.45, 2.75) is 38.9 Å². The Kier molecular flexibility index (Phi) is 12.1. The maximum atomic E-state index is 11.9. The number of nitrogens with one attached hydrogen (secondary N) is 1. The lowest BCUT2D eigenvalue weighted by Gasteiger charge is -2.30. The highest BCUT2D eigenvalue weighted by molar-refractivity contribution is 5.85. The van der Waals surface area contributed by atoms with Gasteiger partial charge in [-0.1, -0.05) is 31.2 Å². The monoisotopic (exact) mass is 391 g/mol. The van der Waals surface area contributed by atoms with Crippen LogP contribution in [0.2, 0.25) is 0 Å². The Morgan fingerprint density at radius 2 is 1.88 bits per heavy atom. The van der Waals surface area contributed by atoms with Gasteiger partial charge in [0.1, 0.15) is 6.04 Å². The highest BCUT2D eigenvalue weighted by Gasteiger charge is 2.17. The van der Waals surface area contributed by atoms with E-state index in [1.165, 1.54) is 18.4 Å². The van der Waals surface area contributed by atoms with Crippen LogP contribution in [0.1, 0.15) is 30.9 Å². The van der Waals surface area contributed by atoms with Gasteiger partial charge in [-0.05, 0) is 43.0 Å². The van der Waals surface area contributed by atoms with Gasteiger partial charge in [-0.2, -0.15) is 0 Å². The van der Waals surface area contributed by atoms with Gasteiger partial charge in [-0.15, -0.1) is 24.8 Å². The molecule has 144 valence electrons. The maximum Gasteiger partial charge on any atom is 0.239 e. The first-order valence-corrected chi connectivity index (χ1v) is 8.41. The van der Waals surface area contributed by atoms with Crippen molar-refractivity contribution in [2.24, 2.45) is 11.7 Å². The number of nitrogens with two attached hydrogens (primary N) is 1. The predicted molar refractivity (Wildman–Crippen MR) is 106 cm³/mol. The summed E-state index contributed by atoms with van der Waals surface area (Å²) in [5.74, 6) is 0.663. The van der Waals surface area contributed by atoms with E-state index in [4.69, 9.17) is 10.5 Å². The second-order valence-electron chi connectivity index (χ2n) is 6.51. The molecular formula is C18H31Cl2N3O2. The third-order valence-electron chi connectivity index (χ3n) is 4.52. The summed E-state index contributed by atoms with van der Waals surface area (Å²) in [5, 5.41) is 2.91. The van der Waals surface area contributed by atoms with Crippen LogP contribution in [0.5, 0.6) is 0 Å². The molecule has 0 saturated carbocycles. The molecule has 0 bridgehead atoms. The summed E-state index contributed by atoms with van der Waals surface area (Å²) in [7, 11) is 1.54. The van der Waals surface area contributed by atoms with Gasteiger partial charge in [0.2, 0.25) is 5.91 Å². The Morgan fingerprint density at radius 3 is 2.48 bits per heavy atom. The maximum absolute atomic E-state index is 11.9. The normalized spacial score (nSPS) is 16.4. The van der Waals surface area contributed by atoms with Crippen LogP contribution in [0.3, 0.4) is 0 Å². The van der Waals surface area contributed by atoms with Gasteiger partial charge in [0, 0.05) is 20.2 Å². The molecule has 0 radical (unpaired) electrons. The fourth-order valence-electron chi connectivity index (χ4n) is 2.91. The fourth-order valence-corrected chi connectivity index (χ4v) is 2.91. The second-order valence-corrected chi connectivity index (χ2v) is 6.51. The molecule has 0 aromatic heterocycles. The molecule has 1 unspecified atom stereocenters. The molecule has 1 aliphatic heterocycles. The van der Waals surface area contributed by atoms with Gasteiger partial charge in [0.25, 0.3) is 0 Å². The van der Waals surface area contributed by atoms with Crippen molar-refractivity contribution in [3.63, 3.8) is 0 Å². The second kappa shape index (κ2) is 12.5. The molecule has 1 aromatic rings. The number of ether oxygens (including phenoxy) is 1. The molecule has 25 heavy (non-hydrogen) atoms. The minimum atomic E-state index is -0.615. The number of piperidine rings is 1. The number of amides is 1. The van der Waals surface area contributed by atoms with Gasteiger partial charge in [0.05, 0.1) is 6.61 Å². The first kappa shape index (κ1) is 24.1. The standard InChI is InChI=1S/C18H29N3O2.2ClH/c1-14-7-9-21(10-8-14)12-16-6-4-3-5-15(16)11-20-18(22)17(19)13-23-2;;/h3-6,14,17H,7-13,19H2,1-2H3,(H,20,22);2*1H. The van der Waals surface area contributed by atoms with E-state index < -0.39 is 6.04 Å². The number of methoxy groups -OCH3 is 1. The molecule has 7 heteroatoms. The van der Waals surface area contributed by atoms with E-state index in [0.29, 0.717) is 6.54 Å². The van der Waals surface area contributed by atoms with Crippen molar-refractivity contribution in [1.29, 1.82) is 0 Å². The molecule has 1 atom stereocenters. The van der Waals surface area contributed by atoms with Crippen molar-refractivity contribution < 1.29 is 9.53 Å². The molecular weight excluding hydrogens is 361 g/mol. The summed E-state index contributed by atoms with van der Waals surface area (Å²) in [6, 6.07) is 7.68. The number of nitrogens with zero attached hydrogens (tertiary/aromatic N) is 1. The lowest BCUT2D eigenvalue weighted by Crippen LogP contribution is -2.43. The Labute approximate surface area is 163 Å². The van der Waals surface area contributed by atoms with Crippen LogP contribution in [0, 0.1) is 5.92 Å². The molecule has 1 aromatic carbocycles. The Morgan fingerprint density at radius 1 is 1.28 bits per heavy atom. The van der Waals surface area contributed by atoms with Crippen molar-refractivity contribution in [3.05, 3.63) is 35.4 Å². The van der Waals surface area contributed by atoms with Crippen molar-refractivity contribution in [2.75, 3.05) is 26.8 Å². The smallest absolute Gasteiger partial charge is 0.239 e. The summed E-state index contributed by atoms with van der Waals surface area (Å²) >= 11 is 0. The molecule has 3 N–H and O–H groups in total. The van der Waals surface area contributed by atoms with E-state index in [-0.39, 0.29) is 37.3 Å². The van der Waals surface area contributed by atoms with E-state index in [1.54, 1.807) is 7.11 Å². The third kappa shape index (κ3) is 7.92. The molecule has 1 heterocycles. The van der Waals surface area contributed by atoms with Crippen molar-refractivity contribution in [1.82, 2.24) is 10.2 Å². The Hall–Kier alpha value is -0.850. The fraction of sp³-hybridized carbons (Fsp3) is 0.611. The van der Waals surface area contributed by atoms with E-state index in [0.717, 1.165) is 31.1 Å². The lowest BCUT2D eigenvalue weighted by molar-refractivity contribution is -0.123. The van der Waals surface area contributed by atoms with Crippen LogP contribution in [-0.2, 0) is 22.6 Å². The zero-order chi connectivity index (χ0) is 16.7. The molecule has 5 nitrogen and oxygen atoms in total. The molecule has 1 amide bonds. The topological polar surface area (TPSA) is 67.6 Å². The summed E-state index contributed by atoms with van der Waals surface area (Å²) < 4.78 is 4.92. The highest BCUT2D eigenvalue weighted by Crippen LogP contribution is 2.19. The Balaban J connectivity index is 0.00000288. The number of hydrogen-bond donors (Lipinski definition) is 2. The third-order valence-corrected chi connectivity index (χ3v) is 4.52. The quantitative estimate of drug-likeness (QED) is 0.748. The summed E-state index contributed by atoms with van der Waals surface area (Å²) in [6.07, 6.45) is 2.54. The zero-order valence-corrected chi connectivity index (χ0v) is 16.7. The van der Waals surface area contributed by atoms with E-state index in [1.807, 2.05) is 6.07 Å². The van der Waals surface area contributed by atoms with Crippen LogP contribution in [0.4, 0.5) is 0 Å². The SMILES string of the molecule is COCC(N)C(=O)NCc1ccccc1CN1CCC(C)CC1.Cl.Cl. The number of hydrogen-bond acceptors (Lipinski definition) is 4. The first-order valence-electron chi connectivity index (χ1n) is 8.41. The number of carbonyl (C=O) groups excluding carboxylic acids is 1. The zero-order valence-electron chi connectivity index (χ0n) is 15.1. The minimum Gasteiger partial charge on any atom is -0.383 e. The van der Waals surface area contributed by atoms with Crippen LogP contribution in [-0.4, -0.2) is 43.7 Å².